The number of carboxylic acid groups (broad SMARTS) is 4. The van der Waals surface area contributed by atoms with Gasteiger partial charge in [-0.15, -0.1) is 0 Å². The molecule has 4 heterocycles. The van der Waals surface area contributed by atoms with Crippen molar-refractivity contribution < 1.29 is 153 Å². The molecule has 14 N–H and O–H groups in total. The van der Waals surface area contributed by atoms with Crippen LogP contribution in [0.3, 0.4) is 0 Å². The van der Waals surface area contributed by atoms with E-state index in [1.807, 2.05) is 0 Å². The van der Waals surface area contributed by atoms with Gasteiger partial charge in [-0.3, -0.25) is 67.2 Å². The molecule has 0 fully saturated rings. The molecule has 36 nitrogen and oxygen atoms in total. The molecule has 42 heteroatoms. The molecule has 0 aliphatic heterocycles. The zero-order valence-electron chi connectivity index (χ0n) is 46.1. The third-order valence-corrected chi connectivity index (χ3v) is 13.6. The Morgan fingerprint density at radius 1 is 0.419 bits per heavy atom. The Morgan fingerprint density at radius 2 is 0.605 bits per heavy atom. The molecule has 0 aromatic carbocycles. The van der Waals surface area contributed by atoms with E-state index in [4.69, 9.17) is 39.1 Å². The van der Waals surface area contributed by atoms with E-state index in [-0.39, 0.29) is 197 Å². The van der Waals surface area contributed by atoms with Crippen molar-refractivity contribution in [2.45, 2.75) is 80.3 Å². The summed E-state index contributed by atoms with van der Waals surface area (Å²) in [5.41, 5.74) is 1.07. The number of aryl methyl sites for hydroxylation is 4. The van der Waals surface area contributed by atoms with Crippen LogP contribution in [0.15, 0.2) is 24.8 Å². The molecule has 0 aliphatic rings. The zero-order chi connectivity index (χ0) is 63.7. The van der Waals surface area contributed by atoms with E-state index in [2.05, 4.69) is 38.0 Å². The molecule has 0 aliphatic carbocycles. The molecule has 0 spiro atoms. The number of hydrogen-bond acceptors (Lipinski definition) is 26. The molecular weight excluding hydrogens is 1310 g/mol. The van der Waals surface area contributed by atoms with Gasteiger partial charge in [-0.1, -0.05) is 0 Å². The second-order valence-electron chi connectivity index (χ2n) is 18.2. The first-order valence-corrected chi connectivity index (χ1v) is 30.0. The number of aliphatic carboxylic acids is 4. The monoisotopic (exact) mass is 1370 g/mol. The molecule has 0 saturated carbocycles. The third kappa shape index (κ3) is 29.4. The summed E-state index contributed by atoms with van der Waals surface area (Å²) in [7, 11) is -19.6. The molecule has 0 atom stereocenters. The summed E-state index contributed by atoms with van der Waals surface area (Å²) in [6.45, 7) is -1.16. The smallest absolute Gasteiger partial charge is 0.549 e. The second-order valence-corrected chi connectivity index (χ2v) is 23.2. The number of aromatic nitrogens is 4. The Labute approximate surface area is 529 Å². The van der Waals surface area contributed by atoms with Gasteiger partial charge in [-0.05, 0) is 27.7 Å². The average Bonchev–Trinajstić information content (AvgIpc) is 3.40. The summed E-state index contributed by atoms with van der Waals surface area (Å²) in [5, 5.41) is 84.3. The van der Waals surface area contributed by atoms with E-state index >= 15 is 0 Å². The molecule has 0 unspecified atom stereocenters. The van der Waals surface area contributed by atoms with Crippen LogP contribution >= 0.6 is 31.3 Å². The van der Waals surface area contributed by atoms with E-state index in [0.717, 1.165) is 0 Å². The van der Waals surface area contributed by atoms with Gasteiger partial charge in [-0.2, -0.15) is 0 Å². The van der Waals surface area contributed by atoms with E-state index in [1.165, 1.54) is 72.1 Å². The molecule has 0 bridgehead atoms. The maximum Gasteiger partial charge on any atom is 2.00 e. The van der Waals surface area contributed by atoms with Gasteiger partial charge >= 0.3 is 81.0 Å². The van der Waals surface area contributed by atoms with E-state index in [1.54, 1.807) is 0 Å². The number of phosphoric acid groups is 4. The molecule has 475 valence electrons. The van der Waals surface area contributed by atoms with Gasteiger partial charge in [0.05, 0.1) is 74.2 Å². The normalized spacial score (nSPS) is 12.0. The van der Waals surface area contributed by atoms with E-state index in [9.17, 15) is 78.3 Å². The molecule has 1 radical (unpaired) electrons. The van der Waals surface area contributed by atoms with Crippen LogP contribution in [0.2, 0.25) is 0 Å². The van der Waals surface area contributed by atoms with Gasteiger partial charge < -0.3 is 89.6 Å². The SMILES string of the molecule is Cc1ncc(COP(=O)(O)O)c(CN(CCN(CC(=O)O)Cc2c(COP(=O)(O)O)cnc(C)c2O)CC(=O)O)c1O.Cc1ncc(COP(=O)(O)O)c(CN(CCN(CC(=O)[O-])Cc2c(COP(=O)(O)O)cnc(C)c2O)CC(=O)[O-])c1O.[Ca+2].[Mn]. The number of rotatable bonds is 34. The molecule has 86 heavy (non-hydrogen) atoms. The summed E-state index contributed by atoms with van der Waals surface area (Å²) in [4.78, 5) is 139. The van der Waals surface area contributed by atoms with E-state index in [0.29, 0.717) is 0 Å². The molecule has 4 rings (SSSR count). The fourth-order valence-electron chi connectivity index (χ4n) is 7.62. The Kier molecular flexibility index (Phi) is 33.2. The van der Waals surface area contributed by atoms with E-state index < -0.39 is 108 Å². The first kappa shape index (κ1) is 79.8. The molecule has 0 amide bonds. The van der Waals surface area contributed by atoms with Crippen LogP contribution in [0, 0.1) is 27.7 Å². The van der Waals surface area contributed by atoms with Crippen molar-refractivity contribution in [1.29, 1.82) is 0 Å². The summed E-state index contributed by atoms with van der Waals surface area (Å²) in [5.74, 6) is -7.07. The Bertz CT molecular complexity index is 2770. The number of aromatic hydroxyl groups is 4. The van der Waals surface area contributed by atoms with Crippen molar-refractivity contribution in [3.63, 3.8) is 0 Å². The van der Waals surface area contributed by atoms with Gasteiger partial charge in [-0.25, -0.2) is 18.3 Å². The van der Waals surface area contributed by atoms with Crippen LogP contribution < -0.4 is 10.2 Å². The van der Waals surface area contributed by atoms with Gasteiger partial charge in [0, 0.05) is 152 Å². The number of nitrogens with zero attached hydrogens (tertiary/aromatic N) is 8. The summed E-state index contributed by atoms with van der Waals surface area (Å²) in [6.07, 6.45) is 4.81. The largest absolute Gasteiger partial charge is 2.00 e. The molecule has 4 aromatic rings. The Balaban J connectivity index is 0.000000840. The predicted octanol–water partition coefficient (Wildman–Crippen LogP) is -2.66. The van der Waals surface area contributed by atoms with Crippen molar-refractivity contribution in [1.82, 2.24) is 39.5 Å². The van der Waals surface area contributed by atoms with Gasteiger partial charge in [0.2, 0.25) is 0 Å². The average molecular weight is 1370 g/mol. The topological polar surface area (TPSA) is 567 Å². The van der Waals surface area contributed by atoms with Gasteiger partial charge in [0.25, 0.3) is 0 Å². The Hall–Kier alpha value is -4.26. The third-order valence-electron chi connectivity index (χ3n) is 11.7. The summed E-state index contributed by atoms with van der Waals surface area (Å²) >= 11 is 0. The zero-order valence-corrected chi connectivity index (χ0v) is 53.0. The minimum absolute atomic E-state index is 0. The fraction of sp³-hybridized carbons (Fsp3) is 0.455. The minimum Gasteiger partial charge on any atom is -0.549 e. The number of carboxylic acids is 4. The van der Waals surface area contributed by atoms with Gasteiger partial charge in [0.1, 0.15) is 23.0 Å². The maximum atomic E-state index is 11.6. The number of carbonyl (C=O) groups excluding carboxylic acids is 2. The second kappa shape index (κ2) is 35.8. The number of carbonyl (C=O) groups is 4. The van der Waals surface area contributed by atoms with Crippen LogP contribution in [-0.2, 0) is 125 Å². The Morgan fingerprint density at radius 3 is 0.767 bits per heavy atom. The van der Waals surface area contributed by atoms with Crippen LogP contribution in [-0.4, -0.2) is 223 Å². The molecule has 4 aromatic heterocycles. The van der Waals surface area contributed by atoms with Crippen LogP contribution in [0.25, 0.3) is 0 Å². The van der Waals surface area contributed by atoms with Crippen molar-refractivity contribution in [3.8, 4) is 23.0 Å². The molecule has 0 saturated heterocycles. The summed E-state index contributed by atoms with van der Waals surface area (Å²) < 4.78 is 62.7. The van der Waals surface area contributed by atoms with Crippen LogP contribution in [0.5, 0.6) is 23.0 Å². The van der Waals surface area contributed by atoms with Crippen LogP contribution in [0.1, 0.15) is 67.3 Å². The van der Waals surface area contributed by atoms with Crippen LogP contribution in [0.4, 0.5) is 0 Å². The maximum absolute atomic E-state index is 11.6. The first-order chi connectivity index (χ1) is 38.7. The van der Waals surface area contributed by atoms with Crippen molar-refractivity contribution in [2.75, 3.05) is 52.4 Å². The molecular formula is C44H62CaMnN8O28P4. The number of phosphoric ester groups is 4. The quantitative estimate of drug-likeness (QED) is 0.0168. The summed E-state index contributed by atoms with van der Waals surface area (Å²) in [6, 6.07) is 0. The minimum atomic E-state index is -4.91. The van der Waals surface area contributed by atoms with Crippen molar-refractivity contribution in [2.24, 2.45) is 0 Å². The first-order valence-electron chi connectivity index (χ1n) is 23.9. The fourth-order valence-corrected chi connectivity index (χ4v) is 8.85. The standard InChI is InChI=1S/2C22H32N4O14P2.Ca.Mn/c2*1-13-21(31)17(15(5-23-13)11-39-41(33,34)35)7-25(9-19(27)28)3-4-26(10-20(29)30)8-18-16(12-40-42(36,37)38)6-24-14(2)22(18)32;;/h2*5-6,31-32H,3-4,7-12H2,1-2H3,(H,27,28)(H,29,30)(H2,33,34,35)(H2,36,37,38);;/q;;+2;/p-2. The predicted molar refractivity (Wildman–Crippen MR) is 282 cm³/mol. The van der Waals surface area contributed by atoms with Crippen molar-refractivity contribution >= 4 is 92.9 Å². The van der Waals surface area contributed by atoms with Crippen molar-refractivity contribution in [3.05, 3.63) is 92.1 Å². The number of hydrogen-bond donors (Lipinski definition) is 14. The van der Waals surface area contributed by atoms with Gasteiger partial charge in [0.15, 0.2) is 0 Å². The number of pyridine rings is 4.